The van der Waals surface area contributed by atoms with Crippen molar-refractivity contribution < 1.29 is 14.3 Å². The highest BCUT2D eigenvalue weighted by Crippen LogP contribution is 2.38. The normalized spacial score (nSPS) is 21.9. The molecule has 0 amide bonds. The highest BCUT2D eigenvalue weighted by atomic mass is 16.5. The molecule has 1 aliphatic heterocycles. The van der Waals surface area contributed by atoms with E-state index in [4.69, 9.17) is 4.74 Å². The van der Waals surface area contributed by atoms with Crippen molar-refractivity contribution in [1.29, 1.82) is 0 Å². The highest BCUT2D eigenvalue weighted by Gasteiger charge is 2.41. The number of rotatable bonds is 3. The van der Waals surface area contributed by atoms with E-state index in [0.29, 0.717) is 12.2 Å². The summed E-state index contributed by atoms with van der Waals surface area (Å²) in [5, 5.41) is 0. The van der Waals surface area contributed by atoms with Crippen molar-refractivity contribution >= 4 is 17.6 Å². The fourth-order valence-electron chi connectivity index (χ4n) is 2.70. The minimum Gasteiger partial charge on any atom is -0.384 e. The number of hydrogen-bond acceptors (Lipinski definition) is 4. The number of ether oxygens (including phenoxy) is 1. The van der Waals surface area contributed by atoms with E-state index < -0.39 is 0 Å². The number of nitrogens with zero attached hydrogens (tertiary/aromatic N) is 1. The Morgan fingerprint density at radius 1 is 1.30 bits per heavy atom. The van der Waals surface area contributed by atoms with Crippen LogP contribution >= 0.6 is 0 Å². The maximum absolute atomic E-state index is 11.3. The molecule has 0 radical (unpaired) electrons. The van der Waals surface area contributed by atoms with Gasteiger partial charge in [-0.25, -0.2) is 9.59 Å². The van der Waals surface area contributed by atoms with Crippen LogP contribution in [0.4, 0.5) is 5.69 Å². The van der Waals surface area contributed by atoms with Crippen LogP contribution in [0.25, 0.3) is 0 Å². The molecule has 0 saturated carbocycles. The molecule has 1 fully saturated rings. The first-order chi connectivity index (χ1) is 9.63. The topological polar surface area (TPSA) is 46.6 Å². The van der Waals surface area contributed by atoms with Gasteiger partial charge in [-0.2, -0.15) is 0 Å². The summed E-state index contributed by atoms with van der Waals surface area (Å²) in [5.41, 5.74) is 2.57. The van der Waals surface area contributed by atoms with Gasteiger partial charge in [0.05, 0.1) is 12.2 Å². The highest BCUT2D eigenvalue weighted by molar-refractivity contribution is 5.81. The molecule has 20 heavy (non-hydrogen) atoms. The van der Waals surface area contributed by atoms with Crippen molar-refractivity contribution in [2.45, 2.75) is 19.9 Å². The van der Waals surface area contributed by atoms with Crippen molar-refractivity contribution in [3.8, 4) is 0 Å². The number of aryl methyl sites for hydroxylation is 1. The Hall–Kier alpha value is -2.12. The molecule has 0 spiro atoms. The maximum atomic E-state index is 11.3. The average Bonchev–Trinajstić information content (AvgIpc) is 2.71. The summed E-state index contributed by atoms with van der Waals surface area (Å²) < 4.78 is 5.16. The van der Waals surface area contributed by atoms with E-state index in [2.05, 4.69) is 0 Å². The van der Waals surface area contributed by atoms with Crippen molar-refractivity contribution in [1.82, 2.24) is 0 Å². The molecule has 1 aliphatic rings. The number of benzene rings is 1. The summed E-state index contributed by atoms with van der Waals surface area (Å²) in [6.07, 6.45) is 0. The fraction of sp³-hybridized carbons (Fsp3) is 0.375. The number of anilines is 1. The Bertz CT molecular complexity index is 610. The Morgan fingerprint density at radius 2 is 2.05 bits per heavy atom. The van der Waals surface area contributed by atoms with E-state index in [0.717, 1.165) is 11.3 Å². The monoisotopic (exact) mass is 271 g/mol. The van der Waals surface area contributed by atoms with Gasteiger partial charge in [-0.3, -0.25) is 0 Å². The zero-order valence-electron chi connectivity index (χ0n) is 11.8. The number of hydrogen-bond donors (Lipinski definition) is 0. The Balaban J connectivity index is 2.52. The molecule has 1 heterocycles. The summed E-state index contributed by atoms with van der Waals surface area (Å²) in [5.74, 6) is 3.61. The standard InChI is InChI=1S/C16H17NO3/c1-11-5-4-6-13(7-11)17-12(2)15(10-20-3)14(8-18)16(17)9-19/h4-7,12,15H,10H2,1-3H3. The van der Waals surface area contributed by atoms with Crippen LogP contribution in [0, 0.1) is 12.8 Å². The summed E-state index contributed by atoms with van der Waals surface area (Å²) in [4.78, 5) is 24.3. The zero-order valence-corrected chi connectivity index (χ0v) is 11.8. The second-order valence-electron chi connectivity index (χ2n) is 4.98. The first-order valence-corrected chi connectivity index (χ1v) is 6.49. The molecule has 2 unspecified atom stereocenters. The summed E-state index contributed by atoms with van der Waals surface area (Å²) in [6, 6.07) is 7.75. The summed E-state index contributed by atoms with van der Waals surface area (Å²) in [7, 11) is 1.58. The smallest absolute Gasteiger partial charge is 0.151 e. The van der Waals surface area contributed by atoms with Crippen LogP contribution in [0.5, 0.6) is 0 Å². The number of carbonyl (C=O) groups excluding carboxylic acids is 2. The lowest BCUT2D eigenvalue weighted by Gasteiger charge is -2.25. The quantitative estimate of drug-likeness (QED) is 0.788. The second-order valence-corrected chi connectivity index (χ2v) is 4.98. The average molecular weight is 271 g/mol. The van der Waals surface area contributed by atoms with Crippen LogP contribution in [0.2, 0.25) is 0 Å². The molecule has 1 aromatic carbocycles. The molecule has 4 nitrogen and oxygen atoms in total. The number of methoxy groups -OCH3 is 1. The van der Waals surface area contributed by atoms with Gasteiger partial charge in [0.1, 0.15) is 11.6 Å². The maximum Gasteiger partial charge on any atom is 0.151 e. The Kier molecular flexibility index (Phi) is 4.21. The molecule has 4 heteroatoms. The molecule has 1 saturated heterocycles. The third-order valence-electron chi connectivity index (χ3n) is 3.69. The van der Waals surface area contributed by atoms with Crippen molar-refractivity contribution in [3.63, 3.8) is 0 Å². The van der Waals surface area contributed by atoms with Crippen LogP contribution in [-0.4, -0.2) is 31.6 Å². The number of allylic oxidation sites excluding steroid dienone is 1. The fourth-order valence-corrected chi connectivity index (χ4v) is 2.70. The van der Waals surface area contributed by atoms with E-state index in [9.17, 15) is 9.59 Å². The molecule has 2 atom stereocenters. The van der Waals surface area contributed by atoms with Crippen LogP contribution in [0.1, 0.15) is 12.5 Å². The first kappa shape index (κ1) is 14.3. The molecule has 2 rings (SSSR count). The molecule has 0 aliphatic carbocycles. The van der Waals surface area contributed by atoms with Gasteiger partial charge in [0.2, 0.25) is 0 Å². The molecule has 0 N–H and O–H groups in total. The minimum absolute atomic E-state index is 0.0513. The largest absolute Gasteiger partial charge is 0.384 e. The molecule has 0 bridgehead atoms. The molecule has 0 aromatic heterocycles. The summed E-state index contributed by atoms with van der Waals surface area (Å²) in [6.45, 7) is 4.32. The van der Waals surface area contributed by atoms with E-state index in [1.165, 1.54) is 0 Å². The van der Waals surface area contributed by atoms with E-state index >= 15 is 0 Å². The molecule has 1 aromatic rings. The van der Waals surface area contributed by atoms with Gasteiger partial charge in [-0.05, 0) is 31.5 Å². The van der Waals surface area contributed by atoms with Crippen LogP contribution in [0.3, 0.4) is 0 Å². The van der Waals surface area contributed by atoms with E-state index in [1.807, 2.05) is 54.9 Å². The van der Waals surface area contributed by atoms with Gasteiger partial charge < -0.3 is 9.64 Å². The lowest BCUT2D eigenvalue weighted by atomic mass is 9.98. The van der Waals surface area contributed by atoms with Gasteiger partial charge in [-0.15, -0.1) is 0 Å². The Morgan fingerprint density at radius 3 is 2.60 bits per heavy atom. The molecular formula is C16H17NO3. The van der Waals surface area contributed by atoms with Crippen molar-refractivity contribution in [2.24, 2.45) is 5.92 Å². The van der Waals surface area contributed by atoms with Gasteiger partial charge in [0, 0.05) is 24.8 Å². The molecule has 104 valence electrons. The van der Waals surface area contributed by atoms with Crippen LogP contribution in [0.15, 0.2) is 35.5 Å². The lowest BCUT2D eigenvalue weighted by Crippen LogP contribution is -2.30. The van der Waals surface area contributed by atoms with Gasteiger partial charge in [0.15, 0.2) is 5.94 Å². The first-order valence-electron chi connectivity index (χ1n) is 6.49. The van der Waals surface area contributed by atoms with Gasteiger partial charge in [-0.1, -0.05) is 12.1 Å². The zero-order chi connectivity index (χ0) is 14.7. The van der Waals surface area contributed by atoms with Crippen LogP contribution < -0.4 is 4.90 Å². The van der Waals surface area contributed by atoms with Gasteiger partial charge in [0.25, 0.3) is 0 Å². The van der Waals surface area contributed by atoms with E-state index in [1.54, 1.807) is 7.11 Å². The molecular weight excluding hydrogens is 254 g/mol. The third kappa shape index (κ3) is 2.33. The predicted octanol–water partition coefficient (Wildman–Crippen LogP) is 1.94. The van der Waals surface area contributed by atoms with E-state index in [-0.39, 0.29) is 17.7 Å². The van der Waals surface area contributed by atoms with Crippen LogP contribution in [-0.2, 0) is 14.3 Å². The second kappa shape index (κ2) is 5.89. The summed E-state index contributed by atoms with van der Waals surface area (Å²) >= 11 is 0. The van der Waals surface area contributed by atoms with Gasteiger partial charge >= 0.3 is 0 Å². The van der Waals surface area contributed by atoms with Crippen molar-refractivity contribution in [2.75, 3.05) is 18.6 Å². The lowest BCUT2D eigenvalue weighted by molar-refractivity contribution is 0.163. The Labute approximate surface area is 118 Å². The minimum atomic E-state index is -0.172. The van der Waals surface area contributed by atoms with Crippen molar-refractivity contribution in [3.05, 3.63) is 41.1 Å². The predicted molar refractivity (Wildman–Crippen MR) is 76.9 cm³/mol. The third-order valence-corrected chi connectivity index (χ3v) is 3.69. The SMILES string of the molecule is COCC1C(=C=O)C(=C=O)N(c2cccc(C)c2)C1C.